The molecule has 178 valence electrons. The Hall–Kier alpha value is -3.46. The van der Waals surface area contributed by atoms with Crippen LogP contribution in [0, 0.1) is 12.7 Å². The molecule has 1 amide bonds. The fourth-order valence-corrected chi connectivity index (χ4v) is 4.31. The number of fused-ring (bicyclic) bond motifs is 1. The average Bonchev–Trinajstić information content (AvgIpc) is 3.32. The molecule has 0 saturated carbocycles. The maximum atomic E-state index is 13.8. The van der Waals surface area contributed by atoms with E-state index < -0.39 is 0 Å². The van der Waals surface area contributed by atoms with Crippen LogP contribution in [0.15, 0.2) is 48.5 Å². The first kappa shape index (κ1) is 23.7. The number of carbonyl (C=O) groups is 1. The van der Waals surface area contributed by atoms with Crippen molar-refractivity contribution in [1.29, 1.82) is 0 Å². The van der Waals surface area contributed by atoms with E-state index in [0.717, 1.165) is 22.0 Å². The molecular weight excluding hydrogens is 451 g/mol. The molecule has 0 unspecified atom stereocenters. The summed E-state index contributed by atoms with van der Waals surface area (Å²) < 4.78 is 15.6. The Bertz CT molecular complexity index is 1310. The van der Waals surface area contributed by atoms with Gasteiger partial charge in [0, 0.05) is 30.3 Å². The molecule has 4 rings (SSSR count). The first-order valence-electron chi connectivity index (χ1n) is 11.1. The SMILES string of the molecule is Cc1ccc(-c2nc3sc(N(C)CC(=O)NCc4ccccc4F)nn3c2NC(C)(C)C)cc1. The second-order valence-corrected chi connectivity index (χ2v) is 10.3. The summed E-state index contributed by atoms with van der Waals surface area (Å²) in [4.78, 5) is 19.8. The van der Waals surface area contributed by atoms with E-state index in [0.29, 0.717) is 10.7 Å². The quantitative estimate of drug-likeness (QED) is 0.395. The minimum atomic E-state index is -0.333. The predicted molar refractivity (Wildman–Crippen MR) is 136 cm³/mol. The average molecular weight is 481 g/mol. The lowest BCUT2D eigenvalue weighted by molar-refractivity contribution is -0.119. The van der Waals surface area contributed by atoms with Gasteiger partial charge in [-0.2, -0.15) is 4.52 Å². The topological polar surface area (TPSA) is 74.6 Å². The summed E-state index contributed by atoms with van der Waals surface area (Å²) in [6, 6.07) is 14.7. The van der Waals surface area contributed by atoms with E-state index in [9.17, 15) is 9.18 Å². The maximum Gasteiger partial charge on any atom is 0.239 e. The number of nitrogens with zero attached hydrogens (tertiary/aromatic N) is 4. The summed E-state index contributed by atoms with van der Waals surface area (Å²) in [6.45, 7) is 8.55. The molecule has 7 nitrogen and oxygen atoms in total. The fraction of sp³-hybridized carbons (Fsp3) is 0.320. The standard InChI is InChI=1S/C25H29FN6OS/c1-16-10-12-17(13-11-16)21-22(29-25(2,3)4)32-23(28-21)34-24(30-32)31(5)15-20(33)27-14-18-8-6-7-9-19(18)26/h6-13,29H,14-15H2,1-5H3,(H,27,33). The number of hydrogen-bond acceptors (Lipinski definition) is 6. The Labute approximate surface area is 202 Å². The predicted octanol–water partition coefficient (Wildman–Crippen LogP) is 4.87. The smallest absolute Gasteiger partial charge is 0.239 e. The Morgan fingerprint density at radius 1 is 1.15 bits per heavy atom. The molecule has 4 aromatic rings. The molecule has 2 aromatic carbocycles. The van der Waals surface area contributed by atoms with Gasteiger partial charge in [-0.15, -0.1) is 5.10 Å². The third-order valence-corrected chi connectivity index (χ3v) is 6.18. The van der Waals surface area contributed by atoms with Crippen molar-refractivity contribution in [2.75, 3.05) is 23.8 Å². The number of rotatable bonds is 7. The zero-order chi connectivity index (χ0) is 24.5. The van der Waals surface area contributed by atoms with E-state index in [1.54, 1.807) is 34.7 Å². The minimum absolute atomic E-state index is 0.0952. The molecule has 0 radical (unpaired) electrons. The monoisotopic (exact) mass is 480 g/mol. The number of benzene rings is 2. The van der Waals surface area contributed by atoms with Crippen molar-refractivity contribution in [3.8, 4) is 11.3 Å². The number of anilines is 2. The van der Waals surface area contributed by atoms with Gasteiger partial charge in [-0.25, -0.2) is 9.37 Å². The Balaban J connectivity index is 1.54. The summed E-state index contributed by atoms with van der Waals surface area (Å²) in [5.41, 5.74) is 3.29. The van der Waals surface area contributed by atoms with Gasteiger partial charge >= 0.3 is 0 Å². The van der Waals surface area contributed by atoms with Crippen LogP contribution in [0.4, 0.5) is 15.3 Å². The summed E-state index contributed by atoms with van der Waals surface area (Å²) >= 11 is 1.41. The summed E-state index contributed by atoms with van der Waals surface area (Å²) in [5, 5.41) is 11.7. The van der Waals surface area contributed by atoms with Crippen LogP contribution in [0.2, 0.25) is 0 Å². The van der Waals surface area contributed by atoms with Gasteiger partial charge in [0.05, 0.1) is 6.54 Å². The van der Waals surface area contributed by atoms with Crippen LogP contribution >= 0.6 is 11.3 Å². The number of hydrogen-bond donors (Lipinski definition) is 2. The van der Waals surface area contributed by atoms with Crippen molar-refractivity contribution in [2.24, 2.45) is 0 Å². The fourth-order valence-electron chi connectivity index (χ4n) is 3.45. The van der Waals surface area contributed by atoms with Crippen LogP contribution in [0.25, 0.3) is 16.2 Å². The minimum Gasteiger partial charge on any atom is -0.364 e. The van der Waals surface area contributed by atoms with Gasteiger partial charge < -0.3 is 15.5 Å². The van der Waals surface area contributed by atoms with Crippen molar-refractivity contribution in [1.82, 2.24) is 19.9 Å². The molecule has 0 atom stereocenters. The molecule has 0 bridgehead atoms. The number of nitrogens with one attached hydrogen (secondary N) is 2. The molecule has 0 aliphatic heterocycles. The van der Waals surface area contributed by atoms with Crippen LogP contribution in [-0.4, -0.2) is 39.6 Å². The van der Waals surface area contributed by atoms with Gasteiger partial charge in [-0.3, -0.25) is 4.79 Å². The molecule has 0 fully saturated rings. The normalized spacial score (nSPS) is 11.6. The highest BCUT2D eigenvalue weighted by Crippen LogP contribution is 2.34. The zero-order valence-electron chi connectivity index (χ0n) is 20.0. The van der Waals surface area contributed by atoms with Crippen molar-refractivity contribution in [3.05, 3.63) is 65.5 Å². The Morgan fingerprint density at radius 3 is 2.53 bits per heavy atom. The first-order valence-corrected chi connectivity index (χ1v) is 11.9. The zero-order valence-corrected chi connectivity index (χ0v) is 20.8. The Kier molecular flexibility index (Phi) is 6.56. The van der Waals surface area contributed by atoms with Gasteiger partial charge in [0.2, 0.25) is 16.0 Å². The van der Waals surface area contributed by atoms with Crippen molar-refractivity contribution in [2.45, 2.75) is 39.8 Å². The van der Waals surface area contributed by atoms with E-state index in [2.05, 4.69) is 62.6 Å². The molecule has 0 aliphatic rings. The van der Waals surface area contributed by atoms with Crippen molar-refractivity contribution >= 4 is 33.2 Å². The number of aryl methyl sites for hydroxylation is 1. The second kappa shape index (κ2) is 9.42. The lowest BCUT2D eigenvalue weighted by atomic mass is 10.1. The van der Waals surface area contributed by atoms with Crippen LogP contribution in [-0.2, 0) is 11.3 Å². The van der Waals surface area contributed by atoms with Gasteiger partial charge in [0.25, 0.3) is 0 Å². The van der Waals surface area contributed by atoms with E-state index in [1.807, 2.05) is 0 Å². The molecule has 0 aliphatic carbocycles. The van der Waals surface area contributed by atoms with Crippen LogP contribution in [0.5, 0.6) is 0 Å². The maximum absolute atomic E-state index is 13.8. The molecule has 0 spiro atoms. The highest BCUT2D eigenvalue weighted by molar-refractivity contribution is 7.20. The van der Waals surface area contributed by atoms with E-state index >= 15 is 0 Å². The van der Waals surface area contributed by atoms with Gasteiger partial charge in [-0.05, 0) is 33.8 Å². The number of imidazole rings is 1. The van der Waals surface area contributed by atoms with Gasteiger partial charge in [0.15, 0.2) is 5.82 Å². The van der Waals surface area contributed by atoms with Crippen LogP contribution in [0.3, 0.4) is 0 Å². The number of carbonyl (C=O) groups excluding carboxylic acids is 1. The highest BCUT2D eigenvalue weighted by Gasteiger charge is 2.23. The number of amides is 1. The second-order valence-electron chi connectivity index (χ2n) is 9.35. The van der Waals surface area contributed by atoms with Gasteiger partial charge in [0.1, 0.15) is 11.5 Å². The summed E-state index contributed by atoms with van der Waals surface area (Å²) in [5.74, 6) is 0.263. The molecule has 34 heavy (non-hydrogen) atoms. The van der Waals surface area contributed by atoms with Gasteiger partial charge in [-0.1, -0.05) is 59.4 Å². The van der Waals surface area contributed by atoms with Crippen LogP contribution < -0.4 is 15.5 Å². The number of aromatic nitrogens is 3. The highest BCUT2D eigenvalue weighted by atomic mass is 32.1. The largest absolute Gasteiger partial charge is 0.364 e. The molecular formula is C25H29FN6OS. The molecule has 9 heteroatoms. The van der Waals surface area contributed by atoms with E-state index in [4.69, 9.17) is 10.1 Å². The van der Waals surface area contributed by atoms with Crippen molar-refractivity contribution < 1.29 is 9.18 Å². The molecule has 2 aromatic heterocycles. The van der Waals surface area contributed by atoms with Crippen LogP contribution in [0.1, 0.15) is 31.9 Å². The third-order valence-electron chi connectivity index (χ3n) is 5.15. The summed E-state index contributed by atoms with van der Waals surface area (Å²) in [6.07, 6.45) is 0. The number of halogens is 1. The lowest BCUT2D eigenvalue weighted by Crippen LogP contribution is -2.35. The summed E-state index contributed by atoms with van der Waals surface area (Å²) in [7, 11) is 1.80. The lowest BCUT2D eigenvalue weighted by Gasteiger charge is -2.22. The molecule has 0 saturated heterocycles. The molecule has 2 N–H and O–H groups in total. The third kappa shape index (κ3) is 5.36. The van der Waals surface area contributed by atoms with E-state index in [-0.39, 0.29) is 30.4 Å². The Morgan fingerprint density at radius 2 is 1.85 bits per heavy atom. The first-order chi connectivity index (χ1) is 16.1. The molecule has 2 heterocycles. The van der Waals surface area contributed by atoms with E-state index in [1.165, 1.54) is 23.0 Å². The number of likely N-dealkylation sites (N-methyl/N-ethyl adjacent to an activating group) is 1. The van der Waals surface area contributed by atoms with Crippen molar-refractivity contribution in [3.63, 3.8) is 0 Å².